The highest BCUT2D eigenvalue weighted by atomic mass is 16.2. The highest BCUT2D eigenvalue weighted by Crippen LogP contribution is 2.22. The first-order chi connectivity index (χ1) is 12.1. The maximum absolute atomic E-state index is 12.7. The molecule has 25 heavy (non-hydrogen) atoms. The maximum Gasteiger partial charge on any atom is 0.326 e. The summed E-state index contributed by atoms with van der Waals surface area (Å²) in [6, 6.07) is 7.52. The topological polar surface area (TPSA) is 87.2 Å². The van der Waals surface area contributed by atoms with Crippen LogP contribution in [0.3, 0.4) is 0 Å². The molecule has 0 saturated carbocycles. The molecule has 2 N–H and O–H groups in total. The van der Waals surface area contributed by atoms with Gasteiger partial charge in [0.2, 0.25) is 11.8 Å². The van der Waals surface area contributed by atoms with Crippen LogP contribution in [0.5, 0.6) is 0 Å². The SMILES string of the molecule is O=C1N[C@@H]2CCC[C@H]1CN(C(=O)CCn1c(=O)[nH]c3ccccc31)C2. The van der Waals surface area contributed by atoms with Gasteiger partial charge in [0.1, 0.15) is 0 Å². The van der Waals surface area contributed by atoms with Crippen LogP contribution in [0.15, 0.2) is 29.1 Å². The third kappa shape index (κ3) is 3.06. The number of hydrogen-bond acceptors (Lipinski definition) is 3. The van der Waals surface area contributed by atoms with Gasteiger partial charge in [-0.2, -0.15) is 0 Å². The molecule has 2 saturated heterocycles. The van der Waals surface area contributed by atoms with Gasteiger partial charge < -0.3 is 15.2 Å². The second-order valence-corrected chi connectivity index (χ2v) is 6.98. The fourth-order valence-electron chi connectivity index (χ4n) is 3.95. The molecule has 2 aliphatic heterocycles. The standard InChI is InChI=1S/C18H22N4O3/c23-16(21-10-12-4-3-5-13(11-21)19-17(12)24)8-9-22-15-7-2-1-6-14(15)20-18(22)25/h1-2,6-7,12-13H,3-5,8-11H2,(H,19,24)(H,20,25)/t12-,13+/m0/s1. The lowest BCUT2D eigenvalue weighted by atomic mass is 9.99. The lowest BCUT2D eigenvalue weighted by Crippen LogP contribution is -2.42. The van der Waals surface area contributed by atoms with Gasteiger partial charge in [-0.3, -0.25) is 14.2 Å². The van der Waals surface area contributed by atoms with Gasteiger partial charge >= 0.3 is 5.69 Å². The molecule has 1 aromatic carbocycles. The Hall–Kier alpha value is -2.57. The number of nitrogens with zero attached hydrogens (tertiary/aromatic N) is 2. The normalized spacial score (nSPS) is 23.4. The molecule has 2 aliphatic rings. The van der Waals surface area contributed by atoms with Crippen LogP contribution in [0.1, 0.15) is 25.7 Å². The van der Waals surface area contributed by atoms with Crippen molar-refractivity contribution in [2.24, 2.45) is 5.92 Å². The molecule has 4 rings (SSSR count). The predicted octanol–water partition coefficient (Wildman–Crippen LogP) is 0.847. The number of aryl methyl sites for hydroxylation is 1. The fraction of sp³-hybridized carbons (Fsp3) is 0.500. The van der Waals surface area contributed by atoms with E-state index in [1.165, 1.54) is 0 Å². The van der Waals surface area contributed by atoms with Crippen molar-refractivity contribution in [3.05, 3.63) is 34.7 Å². The average molecular weight is 342 g/mol. The number of benzene rings is 1. The Bertz CT molecular complexity index is 869. The summed E-state index contributed by atoms with van der Waals surface area (Å²) in [7, 11) is 0. The van der Waals surface area contributed by atoms with E-state index in [1.54, 1.807) is 9.47 Å². The number of rotatable bonds is 3. The van der Waals surface area contributed by atoms with Crippen molar-refractivity contribution in [3.8, 4) is 0 Å². The van der Waals surface area contributed by atoms with Crippen molar-refractivity contribution in [2.45, 2.75) is 38.3 Å². The molecular weight excluding hydrogens is 320 g/mol. The molecular formula is C18H22N4O3. The lowest BCUT2D eigenvalue weighted by Gasteiger charge is -2.27. The minimum absolute atomic E-state index is 0.00517. The van der Waals surface area contributed by atoms with Crippen LogP contribution in [0.2, 0.25) is 0 Å². The van der Waals surface area contributed by atoms with Crippen LogP contribution < -0.4 is 11.0 Å². The summed E-state index contributed by atoms with van der Waals surface area (Å²) in [5, 5.41) is 3.04. The zero-order valence-electron chi connectivity index (χ0n) is 14.0. The second-order valence-electron chi connectivity index (χ2n) is 6.98. The van der Waals surface area contributed by atoms with Gasteiger partial charge in [-0.15, -0.1) is 0 Å². The van der Waals surface area contributed by atoms with Gasteiger partial charge in [-0.05, 0) is 25.0 Å². The quantitative estimate of drug-likeness (QED) is 0.867. The summed E-state index contributed by atoms with van der Waals surface area (Å²) in [5.41, 5.74) is 1.39. The highest BCUT2D eigenvalue weighted by molar-refractivity contribution is 5.82. The van der Waals surface area contributed by atoms with Gasteiger partial charge in [-0.25, -0.2) is 4.79 Å². The minimum atomic E-state index is -0.196. The van der Waals surface area contributed by atoms with Gasteiger partial charge in [-0.1, -0.05) is 18.6 Å². The van der Waals surface area contributed by atoms with Crippen molar-refractivity contribution in [2.75, 3.05) is 13.1 Å². The summed E-state index contributed by atoms with van der Waals surface area (Å²) in [4.78, 5) is 41.5. The van der Waals surface area contributed by atoms with Gasteiger partial charge in [0.25, 0.3) is 0 Å². The molecule has 2 aromatic rings. The number of likely N-dealkylation sites (tertiary alicyclic amines) is 1. The van der Waals surface area contributed by atoms with E-state index >= 15 is 0 Å². The summed E-state index contributed by atoms with van der Waals surface area (Å²) >= 11 is 0. The zero-order valence-corrected chi connectivity index (χ0v) is 14.0. The molecule has 0 aliphatic carbocycles. The van der Waals surface area contributed by atoms with Gasteiger partial charge in [0.05, 0.1) is 17.0 Å². The van der Waals surface area contributed by atoms with E-state index in [4.69, 9.17) is 0 Å². The molecule has 132 valence electrons. The van der Waals surface area contributed by atoms with E-state index in [0.717, 1.165) is 30.3 Å². The fourth-order valence-corrected chi connectivity index (χ4v) is 3.95. The van der Waals surface area contributed by atoms with Crippen molar-refractivity contribution in [1.29, 1.82) is 0 Å². The van der Waals surface area contributed by atoms with Crippen molar-refractivity contribution < 1.29 is 9.59 Å². The number of para-hydroxylation sites is 2. The number of carbonyl (C=O) groups excluding carboxylic acids is 2. The Balaban J connectivity index is 1.48. The molecule has 1 aromatic heterocycles. The van der Waals surface area contributed by atoms with E-state index in [2.05, 4.69) is 10.3 Å². The first-order valence-corrected chi connectivity index (χ1v) is 8.87. The summed E-state index contributed by atoms with van der Waals surface area (Å²) in [5.74, 6) is -0.0245. The summed E-state index contributed by atoms with van der Waals surface area (Å²) < 4.78 is 1.61. The third-order valence-electron chi connectivity index (χ3n) is 5.29. The van der Waals surface area contributed by atoms with E-state index in [0.29, 0.717) is 19.6 Å². The van der Waals surface area contributed by atoms with Gasteiger partial charge in [0, 0.05) is 32.1 Å². The smallest absolute Gasteiger partial charge is 0.326 e. The summed E-state index contributed by atoms with van der Waals surface area (Å²) in [6.07, 6.45) is 3.05. The molecule has 2 bridgehead atoms. The third-order valence-corrected chi connectivity index (χ3v) is 5.29. The predicted molar refractivity (Wildman–Crippen MR) is 93.0 cm³/mol. The average Bonchev–Trinajstić information content (AvgIpc) is 2.68. The monoisotopic (exact) mass is 342 g/mol. The first-order valence-electron chi connectivity index (χ1n) is 8.87. The first kappa shape index (κ1) is 15.9. The number of carbonyl (C=O) groups is 2. The Labute approximate surface area is 145 Å². The molecule has 2 fully saturated rings. The molecule has 3 heterocycles. The van der Waals surface area contributed by atoms with Crippen LogP contribution in [0, 0.1) is 5.92 Å². The highest BCUT2D eigenvalue weighted by Gasteiger charge is 2.34. The molecule has 0 unspecified atom stereocenters. The van der Waals surface area contributed by atoms with E-state index < -0.39 is 0 Å². The Morgan fingerprint density at radius 1 is 1.16 bits per heavy atom. The van der Waals surface area contributed by atoms with Gasteiger partial charge in [0.15, 0.2) is 0 Å². The number of fused-ring (bicyclic) bond motifs is 4. The molecule has 2 atom stereocenters. The van der Waals surface area contributed by atoms with Crippen LogP contribution in [0.4, 0.5) is 0 Å². The largest absolute Gasteiger partial charge is 0.351 e. The van der Waals surface area contributed by atoms with Crippen LogP contribution >= 0.6 is 0 Å². The molecule has 0 spiro atoms. The van der Waals surface area contributed by atoms with E-state index in [9.17, 15) is 14.4 Å². The van der Waals surface area contributed by atoms with Crippen LogP contribution in [-0.4, -0.2) is 45.4 Å². The van der Waals surface area contributed by atoms with Crippen LogP contribution in [0.25, 0.3) is 11.0 Å². The molecule has 2 amide bonds. The number of aromatic amines is 1. The number of aromatic nitrogens is 2. The number of hydrogen-bond donors (Lipinski definition) is 2. The molecule has 0 radical (unpaired) electrons. The van der Waals surface area contributed by atoms with E-state index in [1.807, 2.05) is 24.3 Å². The summed E-state index contributed by atoms with van der Waals surface area (Å²) in [6.45, 7) is 1.41. The molecule has 7 nitrogen and oxygen atoms in total. The zero-order chi connectivity index (χ0) is 17.4. The minimum Gasteiger partial charge on any atom is -0.351 e. The maximum atomic E-state index is 12.7. The van der Waals surface area contributed by atoms with Crippen molar-refractivity contribution in [1.82, 2.24) is 19.8 Å². The Morgan fingerprint density at radius 2 is 2.00 bits per heavy atom. The Kier molecular flexibility index (Phi) is 4.07. The second kappa shape index (κ2) is 6.38. The number of amides is 2. The van der Waals surface area contributed by atoms with Crippen LogP contribution in [-0.2, 0) is 16.1 Å². The number of imidazole rings is 1. The van der Waals surface area contributed by atoms with Crippen molar-refractivity contribution >= 4 is 22.8 Å². The number of nitrogens with one attached hydrogen (secondary N) is 2. The lowest BCUT2D eigenvalue weighted by molar-refractivity contribution is -0.132. The van der Waals surface area contributed by atoms with E-state index in [-0.39, 0.29) is 35.9 Å². The number of H-pyrrole nitrogens is 1. The molecule has 7 heteroatoms. The Morgan fingerprint density at radius 3 is 2.88 bits per heavy atom. The van der Waals surface area contributed by atoms with Crippen molar-refractivity contribution in [3.63, 3.8) is 0 Å².